The fraction of sp³-hybridized carbons (Fsp3) is 0.200. The fourth-order valence-electron chi connectivity index (χ4n) is 1.01. The average Bonchev–Trinajstić information content (AvgIpc) is 2.14. The summed E-state index contributed by atoms with van der Waals surface area (Å²) in [6, 6.07) is 10.4. The van der Waals surface area contributed by atoms with Crippen molar-refractivity contribution < 1.29 is 0 Å². The van der Waals surface area contributed by atoms with Crippen molar-refractivity contribution in [3.05, 3.63) is 48.3 Å². The molecule has 1 aromatic rings. The third-order valence-corrected chi connectivity index (χ3v) is 1.61. The van der Waals surface area contributed by atoms with Crippen LogP contribution >= 0.6 is 0 Å². The number of hydrogen-bond donors (Lipinski definition) is 2. The zero-order valence-corrected chi connectivity index (χ0v) is 7.03. The highest BCUT2D eigenvalue weighted by Gasteiger charge is 1.87. The first-order chi connectivity index (χ1) is 5.93. The lowest BCUT2D eigenvalue weighted by Crippen LogP contribution is -2.10. The van der Waals surface area contributed by atoms with Crippen molar-refractivity contribution in [1.82, 2.24) is 5.32 Å². The van der Waals surface area contributed by atoms with Crippen LogP contribution in [-0.2, 0) is 6.42 Å². The van der Waals surface area contributed by atoms with Crippen LogP contribution in [0.2, 0.25) is 0 Å². The Morgan fingerprint density at radius 3 is 2.67 bits per heavy atom. The van der Waals surface area contributed by atoms with Gasteiger partial charge in [-0.2, -0.15) is 0 Å². The minimum atomic E-state index is 0.928. The summed E-state index contributed by atoms with van der Waals surface area (Å²) >= 11 is 0. The topological polar surface area (TPSA) is 38.0 Å². The molecule has 0 saturated heterocycles. The molecule has 0 amide bonds. The molecule has 1 rings (SSSR count). The van der Waals surface area contributed by atoms with E-state index in [1.54, 1.807) is 6.20 Å². The maximum Gasteiger partial charge on any atom is 0.0182 e. The van der Waals surface area contributed by atoms with E-state index in [0.717, 1.165) is 13.0 Å². The molecule has 0 unspecified atom stereocenters. The number of rotatable bonds is 4. The van der Waals surface area contributed by atoms with Gasteiger partial charge in [-0.1, -0.05) is 30.3 Å². The molecule has 0 spiro atoms. The summed E-state index contributed by atoms with van der Waals surface area (Å²) in [6.45, 7) is 0.928. The summed E-state index contributed by atoms with van der Waals surface area (Å²) in [7, 11) is 0. The lowest BCUT2D eigenvalue weighted by molar-refractivity contribution is 0.830. The zero-order chi connectivity index (χ0) is 8.65. The summed E-state index contributed by atoms with van der Waals surface area (Å²) in [6.07, 6.45) is 4.29. The average molecular weight is 162 g/mol. The molecular formula is C10H14N2. The van der Waals surface area contributed by atoms with Gasteiger partial charge in [-0.05, 0) is 12.0 Å². The van der Waals surface area contributed by atoms with Gasteiger partial charge in [-0.25, -0.2) is 0 Å². The normalized spacial score (nSPS) is 10.3. The summed E-state index contributed by atoms with van der Waals surface area (Å²) in [4.78, 5) is 0. The molecule has 2 nitrogen and oxygen atoms in total. The van der Waals surface area contributed by atoms with Crippen molar-refractivity contribution in [3.63, 3.8) is 0 Å². The summed E-state index contributed by atoms with van der Waals surface area (Å²) < 4.78 is 0. The van der Waals surface area contributed by atoms with Crippen molar-refractivity contribution in [2.75, 3.05) is 6.54 Å². The lowest BCUT2D eigenvalue weighted by atomic mass is 10.1. The van der Waals surface area contributed by atoms with Crippen LogP contribution in [0, 0.1) is 0 Å². The van der Waals surface area contributed by atoms with E-state index in [1.165, 1.54) is 11.8 Å². The highest BCUT2D eigenvalue weighted by Crippen LogP contribution is 1.97. The molecule has 1 aromatic carbocycles. The van der Waals surface area contributed by atoms with Crippen LogP contribution in [0.25, 0.3) is 0 Å². The fourth-order valence-corrected chi connectivity index (χ4v) is 1.01. The van der Waals surface area contributed by atoms with Crippen LogP contribution in [-0.4, -0.2) is 6.54 Å². The summed E-state index contributed by atoms with van der Waals surface area (Å²) in [5.74, 6) is 0. The van der Waals surface area contributed by atoms with E-state index in [-0.39, 0.29) is 0 Å². The minimum Gasteiger partial charge on any atom is -0.403 e. The predicted molar refractivity (Wildman–Crippen MR) is 51.5 cm³/mol. The molecule has 0 atom stereocenters. The number of nitrogens with two attached hydrogens (primary N) is 1. The number of benzene rings is 1. The van der Waals surface area contributed by atoms with Crippen LogP contribution in [0.5, 0.6) is 0 Å². The monoisotopic (exact) mass is 162 g/mol. The molecule has 0 bridgehead atoms. The van der Waals surface area contributed by atoms with E-state index >= 15 is 0 Å². The molecule has 0 saturated carbocycles. The maximum atomic E-state index is 5.16. The second-order valence-corrected chi connectivity index (χ2v) is 2.55. The zero-order valence-electron chi connectivity index (χ0n) is 7.03. The van der Waals surface area contributed by atoms with Crippen molar-refractivity contribution in [2.24, 2.45) is 5.73 Å². The first kappa shape index (κ1) is 8.65. The van der Waals surface area contributed by atoms with Gasteiger partial charge in [0.05, 0.1) is 0 Å². The Hall–Kier alpha value is -1.44. The second kappa shape index (κ2) is 5.24. The standard InChI is InChI=1S/C10H14N2/c11-7-9-12-8-6-10-4-2-1-3-5-10/h1-5,7,9,12H,6,8,11H2/b9-7-. The molecule has 0 aliphatic heterocycles. The van der Waals surface area contributed by atoms with Gasteiger partial charge in [0.1, 0.15) is 0 Å². The summed E-state index contributed by atoms with van der Waals surface area (Å²) in [5, 5.41) is 3.08. The summed E-state index contributed by atoms with van der Waals surface area (Å²) in [5.41, 5.74) is 6.51. The van der Waals surface area contributed by atoms with Gasteiger partial charge in [0.2, 0.25) is 0 Å². The largest absolute Gasteiger partial charge is 0.403 e. The minimum absolute atomic E-state index is 0.928. The number of nitrogens with one attached hydrogen (secondary N) is 1. The van der Waals surface area contributed by atoms with E-state index in [2.05, 4.69) is 17.4 Å². The maximum absolute atomic E-state index is 5.16. The Bertz CT molecular complexity index is 229. The third-order valence-electron chi connectivity index (χ3n) is 1.61. The Morgan fingerprint density at radius 2 is 2.00 bits per heavy atom. The van der Waals surface area contributed by atoms with Crippen molar-refractivity contribution in [1.29, 1.82) is 0 Å². The van der Waals surface area contributed by atoms with Gasteiger partial charge >= 0.3 is 0 Å². The molecular weight excluding hydrogens is 148 g/mol. The molecule has 0 aromatic heterocycles. The van der Waals surface area contributed by atoms with E-state index in [1.807, 2.05) is 18.2 Å². The Kier molecular flexibility index (Phi) is 3.78. The molecule has 12 heavy (non-hydrogen) atoms. The highest BCUT2D eigenvalue weighted by atomic mass is 14.8. The third kappa shape index (κ3) is 3.10. The van der Waals surface area contributed by atoms with Crippen LogP contribution < -0.4 is 11.1 Å². The smallest absolute Gasteiger partial charge is 0.0182 e. The molecule has 3 N–H and O–H groups in total. The first-order valence-corrected chi connectivity index (χ1v) is 4.07. The van der Waals surface area contributed by atoms with E-state index in [0.29, 0.717) is 0 Å². The Balaban J connectivity index is 2.24. The van der Waals surface area contributed by atoms with Gasteiger partial charge in [0, 0.05) is 18.9 Å². The van der Waals surface area contributed by atoms with Crippen LogP contribution in [0.4, 0.5) is 0 Å². The van der Waals surface area contributed by atoms with Gasteiger partial charge < -0.3 is 11.1 Å². The SMILES string of the molecule is N/C=C\NCCc1ccccc1. The highest BCUT2D eigenvalue weighted by molar-refractivity contribution is 5.14. The molecule has 2 heteroatoms. The van der Waals surface area contributed by atoms with Gasteiger partial charge in [0.15, 0.2) is 0 Å². The Morgan fingerprint density at radius 1 is 1.25 bits per heavy atom. The molecule has 64 valence electrons. The van der Waals surface area contributed by atoms with Gasteiger partial charge in [-0.15, -0.1) is 0 Å². The van der Waals surface area contributed by atoms with Crippen molar-refractivity contribution in [2.45, 2.75) is 6.42 Å². The van der Waals surface area contributed by atoms with Gasteiger partial charge in [0.25, 0.3) is 0 Å². The second-order valence-electron chi connectivity index (χ2n) is 2.55. The van der Waals surface area contributed by atoms with Crippen molar-refractivity contribution in [3.8, 4) is 0 Å². The Labute approximate surface area is 73.1 Å². The van der Waals surface area contributed by atoms with E-state index < -0.39 is 0 Å². The van der Waals surface area contributed by atoms with Crippen LogP contribution in [0.3, 0.4) is 0 Å². The molecule has 0 fully saturated rings. The molecule has 0 heterocycles. The molecule has 0 radical (unpaired) electrons. The van der Waals surface area contributed by atoms with Gasteiger partial charge in [-0.3, -0.25) is 0 Å². The predicted octanol–water partition coefficient (Wildman–Crippen LogP) is 1.25. The van der Waals surface area contributed by atoms with E-state index in [4.69, 9.17) is 5.73 Å². The molecule has 0 aliphatic rings. The first-order valence-electron chi connectivity index (χ1n) is 4.07. The quantitative estimate of drug-likeness (QED) is 0.654. The van der Waals surface area contributed by atoms with Crippen molar-refractivity contribution >= 4 is 0 Å². The van der Waals surface area contributed by atoms with Crippen LogP contribution in [0.15, 0.2) is 42.7 Å². The van der Waals surface area contributed by atoms with Crippen LogP contribution in [0.1, 0.15) is 5.56 Å². The number of hydrogen-bond acceptors (Lipinski definition) is 2. The van der Waals surface area contributed by atoms with E-state index in [9.17, 15) is 0 Å². The molecule has 0 aliphatic carbocycles. The lowest BCUT2D eigenvalue weighted by Gasteiger charge is -2.00.